The lowest BCUT2D eigenvalue weighted by molar-refractivity contribution is -0.132. The van der Waals surface area contributed by atoms with Gasteiger partial charge in [0.25, 0.3) is 0 Å². The standard InChI is InChI=1S/C9H18N2O2/c1-7-6-11(4-3-5-13-7)9(12)8(2)10/h7-8H,3-6,10H2,1-2H3/t7?,8-/m0/s1. The van der Waals surface area contributed by atoms with E-state index in [0.717, 1.165) is 19.6 Å². The highest BCUT2D eigenvalue weighted by atomic mass is 16.5. The van der Waals surface area contributed by atoms with Gasteiger partial charge in [-0.3, -0.25) is 4.79 Å². The van der Waals surface area contributed by atoms with Crippen molar-refractivity contribution >= 4 is 5.91 Å². The number of amides is 1. The lowest BCUT2D eigenvalue weighted by Crippen LogP contribution is -2.44. The molecule has 4 nitrogen and oxygen atoms in total. The molecule has 76 valence electrons. The van der Waals surface area contributed by atoms with Gasteiger partial charge in [-0.25, -0.2) is 0 Å². The van der Waals surface area contributed by atoms with Crippen LogP contribution in [0.2, 0.25) is 0 Å². The summed E-state index contributed by atoms with van der Waals surface area (Å²) in [5, 5.41) is 0. The Kier molecular flexibility index (Phi) is 3.69. The predicted molar refractivity (Wildman–Crippen MR) is 50.3 cm³/mol. The summed E-state index contributed by atoms with van der Waals surface area (Å²) >= 11 is 0. The molecule has 1 amide bonds. The fraction of sp³-hybridized carbons (Fsp3) is 0.889. The molecular weight excluding hydrogens is 168 g/mol. The van der Waals surface area contributed by atoms with E-state index in [1.165, 1.54) is 0 Å². The van der Waals surface area contributed by atoms with Crippen molar-refractivity contribution in [2.45, 2.75) is 32.4 Å². The van der Waals surface area contributed by atoms with Crippen LogP contribution in [-0.4, -0.2) is 42.6 Å². The Labute approximate surface area is 79.0 Å². The smallest absolute Gasteiger partial charge is 0.239 e. The Bertz CT molecular complexity index is 182. The highest BCUT2D eigenvalue weighted by Crippen LogP contribution is 2.06. The summed E-state index contributed by atoms with van der Waals surface area (Å²) < 4.78 is 5.43. The number of nitrogens with two attached hydrogens (primary N) is 1. The Morgan fingerprint density at radius 1 is 1.69 bits per heavy atom. The number of carbonyl (C=O) groups is 1. The van der Waals surface area contributed by atoms with E-state index in [4.69, 9.17) is 10.5 Å². The number of ether oxygens (including phenoxy) is 1. The Morgan fingerprint density at radius 2 is 2.38 bits per heavy atom. The average molecular weight is 186 g/mol. The van der Waals surface area contributed by atoms with E-state index in [9.17, 15) is 4.79 Å². The van der Waals surface area contributed by atoms with Gasteiger partial charge in [0.1, 0.15) is 0 Å². The third kappa shape index (κ3) is 2.97. The van der Waals surface area contributed by atoms with E-state index in [0.29, 0.717) is 6.54 Å². The number of nitrogens with zero attached hydrogens (tertiary/aromatic N) is 1. The van der Waals surface area contributed by atoms with E-state index in [-0.39, 0.29) is 12.0 Å². The molecule has 1 rings (SSSR count). The Balaban J connectivity index is 2.52. The molecule has 2 N–H and O–H groups in total. The van der Waals surface area contributed by atoms with Gasteiger partial charge in [0, 0.05) is 19.7 Å². The molecule has 0 aromatic heterocycles. The van der Waals surface area contributed by atoms with Crippen LogP contribution in [0, 0.1) is 0 Å². The van der Waals surface area contributed by atoms with Crippen molar-refractivity contribution in [3.8, 4) is 0 Å². The lowest BCUT2D eigenvalue weighted by atomic mass is 10.2. The molecule has 4 heteroatoms. The minimum Gasteiger partial charge on any atom is -0.377 e. The van der Waals surface area contributed by atoms with Crippen molar-refractivity contribution < 1.29 is 9.53 Å². The van der Waals surface area contributed by atoms with Gasteiger partial charge in [-0.05, 0) is 20.3 Å². The summed E-state index contributed by atoms with van der Waals surface area (Å²) in [4.78, 5) is 13.3. The van der Waals surface area contributed by atoms with Gasteiger partial charge < -0.3 is 15.4 Å². The second-order valence-electron chi connectivity index (χ2n) is 3.61. The first-order valence-corrected chi connectivity index (χ1v) is 4.77. The van der Waals surface area contributed by atoms with Crippen molar-refractivity contribution in [1.29, 1.82) is 0 Å². The molecule has 1 aliphatic heterocycles. The minimum absolute atomic E-state index is 0.0253. The van der Waals surface area contributed by atoms with E-state index >= 15 is 0 Å². The molecule has 2 atom stereocenters. The molecule has 0 aliphatic carbocycles. The lowest BCUT2D eigenvalue weighted by Gasteiger charge is -2.23. The van der Waals surface area contributed by atoms with Crippen LogP contribution < -0.4 is 5.73 Å². The van der Waals surface area contributed by atoms with Crippen LogP contribution >= 0.6 is 0 Å². The van der Waals surface area contributed by atoms with Crippen LogP contribution in [0.3, 0.4) is 0 Å². The van der Waals surface area contributed by atoms with E-state index < -0.39 is 6.04 Å². The zero-order valence-corrected chi connectivity index (χ0v) is 8.32. The number of carbonyl (C=O) groups excluding carboxylic acids is 1. The normalized spacial score (nSPS) is 26.7. The molecular formula is C9H18N2O2. The topological polar surface area (TPSA) is 55.6 Å². The second-order valence-corrected chi connectivity index (χ2v) is 3.61. The van der Waals surface area contributed by atoms with Crippen LogP contribution in [0.25, 0.3) is 0 Å². The summed E-state index contributed by atoms with van der Waals surface area (Å²) in [6.45, 7) is 5.88. The van der Waals surface area contributed by atoms with E-state index in [1.807, 2.05) is 6.92 Å². The highest BCUT2D eigenvalue weighted by Gasteiger charge is 2.21. The molecule has 1 fully saturated rings. The van der Waals surface area contributed by atoms with Gasteiger partial charge in [0.15, 0.2) is 0 Å². The fourth-order valence-corrected chi connectivity index (χ4v) is 1.48. The van der Waals surface area contributed by atoms with Crippen molar-refractivity contribution in [3.05, 3.63) is 0 Å². The fourth-order valence-electron chi connectivity index (χ4n) is 1.48. The average Bonchev–Trinajstić information content (AvgIpc) is 2.28. The first-order valence-electron chi connectivity index (χ1n) is 4.77. The van der Waals surface area contributed by atoms with Crippen LogP contribution in [0.1, 0.15) is 20.3 Å². The van der Waals surface area contributed by atoms with Crippen molar-refractivity contribution in [2.24, 2.45) is 5.73 Å². The van der Waals surface area contributed by atoms with Crippen LogP contribution in [0.5, 0.6) is 0 Å². The van der Waals surface area contributed by atoms with Crippen LogP contribution in [0.4, 0.5) is 0 Å². The molecule has 0 radical (unpaired) electrons. The molecule has 0 aromatic carbocycles. The summed E-state index contributed by atoms with van der Waals surface area (Å²) in [7, 11) is 0. The number of rotatable bonds is 1. The summed E-state index contributed by atoms with van der Waals surface area (Å²) in [5.41, 5.74) is 5.53. The first kappa shape index (κ1) is 10.5. The van der Waals surface area contributed by atoms with Gasteiger partial charge in [0.2, 0.25) is 5.91 Å². The quantitative estimate of drug-likeness (QED) is 0.625. The summed E-state index contributed by atoms with van der Waals surface area (Å²) in [5.74, 6) is 0.0253. The first-order chi connectivity index (χ1) is 6.11. The maximum absolute atomic E-state index is 11.5. The highest BCUT2D eigenvalue weighted by molar-refractivity contribution is 5.81. The van der Waals surface area contributed by atoms with Gasteiger partial charge in [-0.2, -0.15) is 0 Å². The third-order valence-electron chi connectivity index (χ3n) is 2.15. The maximum Gasteiger partial charge on any atom is 0.239 e. The zero-order valence-electron chi connectivity index (χ0n) is 8.32. The molecule has 0 saturated carbocycles. The van der Waals surface area contributed by atoms with E-state index in [2.05, 4.69) is 0 Å². The maximum atomic E-state index is 11.5. The monoisotopic (exact) mass is 186 g/mol. The molecule has 1 saturated heterocycles. The Hall–Kier alpha value is -0.610. The van der Waals surface area contributed by atoms with Crippen molar-refractivity contribution in [2.75, 3.05) is 19.7 Å². The SMILES string of the molecule is CC1CN(C(=O)[C@H](C)N)CCCO1. The predicted octanol–water partition coefficient (Wildman–Crippen LogP) is -0.0290. The van der Waals surface area contributed by atoms with Crippen LogP contribution in [-0.2, 0) is 9.53 Å². The molecule has 0 aromatic rings. The minimum atomic E-state index is -0.398. The van der Waals surface area contributed by atoms with Gasteiger partial charge in [0.05, 0.1) is 12.1 Å². The Morgan fingerprint density at radius 3 is 3.00 bits per heavy atom. The van der Waals surface area contributed by atoms with Crippen molar-refractivity contribution in [3.63, 3.8) is 0 Å². The molecule has 0 bridgehead atoms. The zero-order chi connectivity index (χ0) is 9.84. The molecule has 1 aliphatic rings. The van der Waals surface area contributed by atoms with Gasteiger partial charge in [-0.1, -0.05) is 0 Å². The van der Waals surface area contributed by atoms with E-state index in [1.54, 1.807) is 11.8 Å². The summed E-state index contributed by atoms with van der Waals surface area (Å²) in [6.07, 6.45) is 1.04. The number of hydrogen-bond donors (Lipinski definition) is 1. The summed E-state index contributed by atoms with van der Waals surface area (Å²) in [6, 6.07) is -0.398. The van der Waals surface area contributed by atoms with Crippen LogP contribution in [0.15, 0.2) is 0 Å². The second kappa shape index (κ2) is 4.58. The third-order valence-corrected chi connectivity index (χ3v) is 2.15. The molecule has 1 heterocycles. The largest absolute Gasteiger partial charge is 0.377 e. The number of hydrogen-bond acceptors (Lipinski definition) is 3. The van der Waals surface area contributed by atoms with Gasteiger partial charge in [-0.15, -0.1) is 0 Å². The molecule has 13 heavy (non-hydrogen) atoms. The van der Waals surface area contributed by atoms with Gasteiger partial charge >= 0.3 is 0 Å². The molecule has 1 unspecified atom stereocenters. The van der Waals surface area contributed by atoms with Crippen molar-refractivity contribution in [1.82, 2.24) is 4.90 Å². The molecule has 0 spiro atoms.